The Bertz CT molecular complexity index is 77.7. The van der Waals surface area contributed by atoms with Crippen molar-refractivity contribution in [3.8, 4) is 0 Å². The molecule has 3 N–H and O–H groups in total. The Kier molecular flexibility index (Phi) is 6.36. The maximum absolute atomic E-state index is 11.3. The minimum atomic E-state index is -1.72. The first-order valence-electron chi connectivity index (χ1n) is 1.74. The van der Waals surface area contributed by atoms with E-state index >= 15 is 0 Å². The second-order valence-corrected chi connectivity index (χ2v) is 1.11. The van der Waals surface area contributed by atoms with Crippen LogP contribution in [0.4, 0.5) is 4.39 Å². The number of alkyl halides is 1. The first-order valence-corrected chi connectivity index (χ1v) is 1.74. The fraction of sp³-hybridized carbons (Fsp3) is 0.667. The molecule has 0 fully saturated rings. The van der Waals surface area contributed by atoms with Crippen LogP contribution in [-0.4, -0.2) is 17.4 Å². The van der Waals surface area contributed by atoms with Crippen LogP contribution in [0, 0.1) is 0 Å². The Hall–Kier alpha value is -0.350. The van der Waals surface area contributed by atoms with Crippen LogP contribution in [0.2, 0.25) is 0 Å². The van der Waals surface area contributed by atoms with Crippen molar-refractivity contribution in [1.29, 1.82) is 0 Å². The first kappa shape index (κ1) is 10.6. The Labute approximate surface area is 52.1 Å². The topological polar surface area (TPSA) is 63.3 Å². The maximum atomic E-state index is 11.3. The Morgan fingerprint density at radius 1 is 1.88 bits per heavy atom. The van der Waals surface area contributed by atoms with E-state index in [1.54, 1.807) is 0 Å². The number of hydrogen-bond donors (Lipinski definition) is 2. The van der Waals surface area contributed by atoms with E-state index in [9.17, 15) is 9.18 Å². The molecule has 1 atom stereocenters. The van der Waals surface area contributed by atoms with Gasteiger partial charge in [-0.25, -0.2) is 4.39 Å². The quantitative estimate of drug-likeness (QED) is 0.541. The lowest BCUT2D eigenvalue weighted by molar-refractivity contribution is -0.138. The smallest absolute Gasteiger partial charge is 0.307 e. The van der Waals surface area contributed by atoms with Crippen molar-refractivity contribution in [2.75, 3.05) is 0 Å². The molecule has 0 amide bonds. The summed E-state index contributed by atoms with van der Waals surface area (Å²) < 4.78 is 11.3. The van der Waals surface area contributed by atoms with Crippen LogP contribution >= 0.6 is 12.4 Å². The summed E-state index contributed by atoms with van der Waals surface area (Å²) >= 11 is 0. The molecule has 0 aromatic rings. The molecule has 50 valence electrons. The highest BCUT2D eigenvalue weighted by atomic mass is 35.5. The standard InChI is InChI=1S/C3H6FNO2.ClH/c4-2(5)1-3(6)7;/h2H,1,5H2,(H,6,7);1H. The number of aliphatic carboxylic acids is 1. The normalized spacial score (nSPS) is 11.8. The molecular formula is C3H7ClFNO2. The molecule has 0 aliphatic rings. The summed E-state index contributed by atoms with van der Waals surface area (Å²) in [7, 11) is 0. The van der Waals surface area contributed by atoms with Crippen LogP contribution < -0.4 is 5.73 Å². The number of halogens is 2. The predicted molar refractivity (Wildman–Crippen MR) is 28.6 cm³/mol. The van der Waals surface area contributed by atoms with Crippen molar-refractivity contribution in [1.82, 2.24) is 0 Å². The van der Waals surface area contributed by atoms with E-state index in [-0.39, 0.29) is 12.4 Å². The molecule has 1 unspecified atom stereocenters. The molecule has 0 rings (SSSR count). The van der Waals surface area contributed by atoms with Crippen molar-refractivity contribution in [3.63, 3.8) is 0 Å². The molecule has 0 aliphatic carbocycles. The van der Waals surface area contributed by atoms with E-state index in [0.29, 0.717) is 0 Å². The SMILES string of the molecule is Cl.NC(F)CC(=O)O. The summed E-state index contributed by atoms with van der Waals surface area (Å²) in [6.45, 7) is 0. The number of carboxylic acid groups (broad SMARTS) is 1. The van der Waals surface area contributed by atoms with E-state index < -0.39 is 18.7 Å². The monoisotopic (exact) mass is 143 g/mol. The molecular weight excluding hydrogens is 136 g/mol. The fourth-order valence-corrected chi connectivity index (χ4v) is 0.167. The summed E-state index contributed by atoms with van der Waals surface area (Å²) in [6, 6.07) is 0. The van der Waals surface area contributed by atoms with Gasteiger partial charge in [-0.1, -0.05) is 0 Å². The summed E-state index contributed by atoms with van der Waals surface area (Å²) in [5.41, 5.74) is 4.45. The first-order chi connectivity index (χ1) is 3.13. The number of carbonyl (C=O) groups is 1. The third kappa shape index (κ3) is 9.17. The van der Waals surface area contributed by atoms with Crippen LogP contribution in [0.25, 0.3) is 0 Å². The van der Waals surface area contributed by atoms with Crippen LogP contribution in [0.1, 0.15) is 6.42 Å². The molecule has 8 heavy (non-hydrogen) atoms. The lowest BCUT2D eigenvalue weighted by Gasteiger charge is -1.91. The molecule has 0 heterocycles. The number of hydrogen-bond acceptors (Lipinski definition) is 2. The van der Waals surface area contributed by atoms with E-state index in [1.165, 1.54) is 0 Å². The molecule has 0 saturated carbocycles. The largest absolute Gasteiger partial charge is 0.481 e. The van der Waals surface area contributed by atoms with Crippen molar-refractivity contribution in [2.45, 2.75) is 12.7 Å². The van der Waals surface area contributed by atoms with Gasteiger partial charge < -0.3 is 10.8 Å². The second kappa shape index (κ2) is 4.80. The maximum Gasteiger partial charge on any atom is 0.307 e. The third-order valence-electron chi connectivity index (χ3n) is 0.370. The van der Waals surface area contributed by atoms with Crippen LogP contribution in [-0.2, 0) is 4.79 Å². The predicted octanol–water partition coefficient (Wildman–Crippen LogP) is 0.137. The van der Waals surface area contributed by atoms with Crippen LogP contribution in [0.3, 0.4) is 0 Å². The number of carboxylic acids is 1. The second-order valence-electron chi connectivity index (χ2n) is 1.11. The molecule has 5 heteroatoms. The summed E-state index contributed by atoms with van der Waals surface area (Å²) in [5, 5.41) is 7.76. The van der Waals surface area contributed by atoms with Gasteiger partial charge in [0.15, 0.2) is 6.30 Å². The lowest BCUT2D eigenvalue weighted by Crippen LogP contribution is -2.17. The van der Waals surface area contributed by atoms with Crippen molar-refractivity contribution in [3.05, 3.63) is 0 Å². The highest BCUT2D eigenvalue weighted by Crippen LogP contribution is 1.85. The van der Waals surface area contributed by atoms with E-state index in [1.807, 2.05) is 0 Å². The average Bonchev–Trinajstić information content (AvgIpc) is 1.27. The van der Waals surface area contributed by atoms with Gasteiger partial charge in [-0.05, 0) is 0 Å². The van der Waals surface area contributed by atoms with Gasteiger partial charge in [0.25, 0.3) is 0 Å². The zero-order valence-electron chi connectivity index (χ0n) is 4.00. The Balaban J connectivity index is 0. The molecule has 0 aliphatic heterocycles. The summed E-state index contributed by atoms with van der Waals surface area (Å²) in [6.07, 6.45) is -2.34. The molecule has 0 aromatic heterocycles. The Morgan fingerprint density at radius 3 is 2.25 bits per heavy atom. The van der Waals surface area contributed by atoms with E-state index in [0.717, 1.165) is 0 Å². The van der Waals surface area contributed by atoms with Gasteiger partial charge in [0.2, 0.25) is 0 Å². The minimum absolute atomic E-state index is 0. The van der Waals surface area contributed by atoms with Gasteiger partial charge in [-0.15, -0.1) is 12.4 Å². The Morgan fingerprint density at radius 2 is 2.25 bits per heavy atom. The molecule has 0 aromatic carbocycles. The fourth-order valence-electron chi connectivity index (χ4n) is 0.167. The van der Waals surface area contributed by atoms with Crippen molar-refractivity contribution >= 4 is 18.4 Å². The van der Waals surface area contributed by atoms with Crippen LogP contribution in [0.5, 0.6) is 0 Å². The van der Waals surface area contributed by atoms with E-state index in [4.69, 9.17) is 5.11 Å². The van der Waals surface area contributed by atoms with Gasteiger partial charge in [0, 0.05) is 0 Å². The summed E-state index contributed by atoms with van der Waals surface area (Å²) in [4.78, 5) is 9.49. The zero-order valence-corrected chi connectivity index (χ0v) is 4.82. The van der Waals surface area contributed by atoms with Gasteiger partial charge in [-0.2, -0.15) is 0 Å². The van der Waals surface area contributed by atoms with Gasteiger partial charge in [0.1, 0.15) is 0 Å². The number of rotatable bonds is 2. The molecule has 0 saturated heterocycles. The molecule has 3 nitrogen and oxygen atoms in total. The molecule has 0 radical (unpaired) electrons. The molecule has 0 bridgehead atoms. The number of nitrogens with two attached hydrogens (primary N) is 1. The van der Waals surface area contributed by atoms with Crippen molar-refractivity contribution < 1.29 is 14.3 Å². The van der Waals surface area contributed by atoms with Crippen LogP contribution in [0.15, 0.2) is 0 Å². The van der Waals surface area contributed by atoms with Gasteiger partial charge >= 0.3 is 5.97 Å². The van der Waals surface area contributed by atoms with E-state index in [2.05, 4.69) is 5.73 Å². The van der Waals surface area contributed by atoms with Gasteiger partial charge in [-0.3, -0.25) is 4.79 Å². The minimum Gasteiger partial charge on any atom is -0.481 e. The zero-order chi connectivity index (χ0) is 5.86. The average molecular weight is 144 g/mol. The molecule has 0 spiro atoms. The third-order valence-corrected chi connectivity index (χ3v) is 0.370. The van der Waals surface area contributed by atoms with Gasteiger partial charge in [0.05, 0.1) is 6.42 Å². The lowest BCUT2D eigenvalue weighted by atomic mass is 10.4. The summed E-state index contributed by atoms with van der Waals surface area (Å²) in [5.74, 6) is -1.21. The highest BCUT2D eigenvalue weighted by molar-refractivity contribution is 5.85. The van der Waals surface area contributed by atoms with Crippen molar-refractivity contribution in [2.24, 2.45) is 5.73 Å². The highest BCUT2D eigenvalue weighted by Gasteiger charge is 2.02.